The number of hydrogen-bond donors (Lipinski definition) is 0. The SMILES string of the molecule is COc1cc(OC)cc(N(CC#Cc2ncccc2OC)c2ccc3ncc(-c4cnn(C)c4)nc3c2)c1. The highest BCUT2D eigenvalue weighted by molar-refractivity contribution is 5.83. The molecular formula is C29H26N6O3. The summed E-state index contributed by atoms with van der Waals surface area (Å²) in [6, 6.07) is 15.3. The number of pyridine rings is 1. The number of fused-ring (bicyclic) bond motifs is 1. The maximum absolute atomic E-state index is 5.52. The van der Waals surface area contributed by atoms with Crippen molar-refractivity contribution in [2.45, 2.75) is 0 Å². The van der Waals surface area contributed by atoms with Crippen molar-refractivity contribution in [3.63, 3.8) is 0 Å². The van der Waals surface area contributed by atoms with E-state index >= 15 is 0 Å². The van der Waals surface area contributed by atoms with Gasteiger partial charge in [0, 0.05) is 54.6 Å². The molecule has 0 N–H and O–H groups in total. The molecule has 9 heteroatoms. The van der Waals surface area contributed by atoms with E-state index in [4.69, 9.17) is 19.2 Å². The summed E-state index contributed by atoms with van der Waals surface area (Å²) in [4.78, 5) is 15.9. The van der Waals surface area contributed by atoms with Gasteiger partial charge in [-0.3, -0.25) is 9.67 Å². The summed E-state index contributed by atoms with van der Waals surface area (Å²) >= 11 is 0. The number of nitrogens with zero attached hydrogens (tertiary/aromatic N) is 6. The third-order valence-electron chi connectivity index (χ3n) is 5.92. The summed E-state index contributed by atoms with van der Waals surface area (Å²) in [5.74, 6) is 8.34. The van der Waals surface area contributed by atoms with Gasteiger partial charge in [0.25, 0.3) is 0 Å². The second-order valence-corrected chi connectivity index (χ2v) is 8.34. The molecule has 5 rings (SSSR count). The van der Waals surface area contributed by atoms with Gasteiger partial charge in [0.05, 0.1) is 57.0 Å². The van der Waals surface area contributed by atoms with E-state index in [1.165, 1.54) is 0 Å². The summed E-state index contributed by atoms with van der Waals surface area (Å²) in [5, 5.41) is 4.25. The predicted molar refractivity (Wildman–Crippen MR) is 146 cm³/mol. The molecule has 0 bridgehead atoms. The van der Waals surface area contributed by atoms with Crippen molar-refractivity contribution in [1.29, 1.82) is 0 Å². The van der Waals surface area contributed by atoms with Crippen molar-refractivity contribution < 1.29 is 14.2 Å². The zero-order chi connectivity index (χ0) is 26.5. The summed E-state index contributed by atoms with van der Waals surface area (Å²) in [5.41, 5.74) is 5.49. The first-order valence-electron chi connectivity index (χ1n) is 11.8. The van der Waals surface area contributed by atoms with E-state index in [9.17, 15) is 0 Å². The molecule has 0 saturated heterocycles. The van der Waals surface area contributed by atoms with Gasteiger partial charge in [-0.15, -0.1) is 0 Å². The van der Waals surface area contributed by atoms with E-state index in [0.717, 1.165) is 33.7 Å². The van der Waals surface area contributed by atoms with Gasteiger partial charge in [-0.05, 0) is 36.3 Å². The lowest BCUT2D eigenvalue weighted by Crippen LogP contribution is -2.17. The molecule has 0 aliphatic rings. The van der Waals surface area contributed by atoms with Crippen molar-refractivity contribution in [3.8, 4) is 40.3 Å². The first-order valence-corrected chi connectivity index (χ1v) is 11.8. The number of ether oxygens (including phenoxy) is 3. The summed E-state index contributed by atoms with van der Waals surface area (Å²) in [6.45, 7) is 0.358. The van der Waals surface area contributed by atoms with E-state index in [2.05, 4.69) is 31.8 Å². The van der Waals surface area contributed by atoms with Crippen LogP contribution in [-0.4, -0.2) is 52.6 Å². The first kappa shape index (κ1) is 24.6. The van der Waals surface area contributed by atoms with E-state index < -0.39 is 0 Å². The van der Waals surface area contributed by atoms with Gasteiger partial charge >= 0.3 is 0 Å². The van der Waals surface area contributed by atoms with Crippen LogP contribution in [-0.2, 0) is 7.05 Å². The Kier molecular flexibility index (Phi) is 7.04. The van der Waals surface area contributed by atoms with Crippen LogP contribution in [0.2, 0.25) is 0 Å². The van der Waals surface area contributed by atoms with E-state index in [1.54, 1.807) is 44.6 Å². The minimum atomic E-state index is 0.358. The van der Waals surface area contributed by atoms with Crippen LogP contribution in [0.3, 0.4) is 0 Å². The topological polar surface area (TPSA) is 87.4 Å². The van der Waals surface area contributed by atoms with Crippen LogP contribution < -0.4 is 19.1 Å². The monoisotopic (exact) mass is 506 g/mol. The van der Waals surface area contributed by atoms with E-state index in [-0.39, 0.29) is 0 Å². The molecule has 0 radical (unpaired) electrons. The Bertz CT molecular complexity index is 1630. The van der Waals surface area contributed by atoms with Crippen molar-refractivity contribution in [1.82, 2.24) is 24.7 Å². The molecule has 38 heavy (non-hydrogen) atoms. The number of benzene rings is 2. The maximum Gasteiger partial charge on any atom is 0.155 e. The maximum atomic E-state index is 5.52. The molecule has 2 aromatic carbocycles. The minimum absolute atomic E-state index is 0.358. The number of methoxy groups -OCH3 is 3. The van der Waals surface area contributed by atoms with Gasteiger partial charge in [0.2, 0.25) is 0 Å². The Morgan fingerprint density at radius 2 is 1.68 bits per heavy atom. The molecule has 0 amide bonds. The van der Waals surface area contributed by atoms with Crippen molar-refractivity contribution in [2.75, 3.05) is 32.8 Å². The molecule has 190 valence electrons. The lowest BCUT2D eigenvalue weighted by atomic mass is 10.2. The summed E-state index contributed by atoms with van der Waals surface area (Å²) in [7, 11) is 6.73. The van der Waals surface area contributed by atoms with Gasteiger partial charge in [-0.2, -0.15) is 5.10 Å². The molecular weight excluding hydrogens is 480 g/mol. The number of rotatable bonds is 7. The number of hydrogen-bond acceptors (Lipinski definition) is 8. The molecule has 0 spiro atoms. The molecule has 3 aromatic heterocycles. The van der Waals surface area contributed by atoms with Gasteiger partial charge in [0.15, 0.2) is 11.4 Å². The molecule has 0 fully saturated rings. The van der Waals surface area contributed by atoms with Crippen molar-refractivity contribution in [3.05, 3.63) is 79.0 Å². The highest BCUT2D eigenvalue weighted by Gasteiger charge is 2.14. The molecule has 9 nitrogen and oxygen atoms in total. The average Bonchev–Trinajstić information content (AvgIpc) is 3.40. The van der Waals surface area contributed by atoms with Crippen LogP contribution in [0.5, 0.6) is 17.2 Å². The Hall–Kier alpha value is -5.10. The van der Waals surface area contributed by atoms with Crippen LogP contribution in [0.15, 0.2) is 73.3 Å². The first-order chi connectivity index (χ1) is 18.6. The molecule has 0 aliphatic carbocycles. The second kappa shape index (κ2) is 10.9. The Labute approximate surface area is 220 Å². The van der Waals surface area contributed by atoms with Crippen molar-refractivity contribution >= 4 is 22.4 Å². The van der Waals surface area contributed by atoms with Gasteiger partial charge < -0.3 is 19.1 Å². The average molecular weight is 507 g/mol. The van der Waals surface area contributed by atoms with Crippen LogP contribution >= 0.6 is 0 Å². The molecule has 3 heterocycles. The zero-order valence-electron chi connectivity index (χ0n) is 21.5. The fourth-order valence-corrected chi connectivity index (χ4v) is 3.99. The Morgan fingerprint density at radius 3 is 2.39 bits per heavy atom. The van der Waals surface area contributed by atoms with Crippen LogP contribution in [0.25, 0.3) is 22.3 Å². The highest BCUT2D eigenvalue weighted by Crippen LogP contribution is 2.34. The fraction of sp³-hybridized carbons (Fsp3) is 0.172. The van der Waals surface area contributed by atoms with Crippen LogP contribution in [0, 0.1) is 11.8 Å². The second-order valence-electron chi connectivity index (χ2n) is 8.34. The molecule has 0 aliphatic heterocycles. The largest absolute Gasteiger partial charge is 0.497 e. The third kappa shape index (κ3) is 5.20. The smallest absolute Gasteiger partial charge is 0.155 e. The number of anilines is 2. The lowest BCUT2D eigenvalue weighted by molar-refractivity contribution is 0.394. The van der Waals surface area contributed by atoms with Crippen LogP contribution in [0.4, 0.5) is 11.4 Å². The molecule has 0 saturated carbocycles. The van der Waals surface area contributed by atoms with Crippen LogP contribution in [0.1, 0.15) is 5.69 Å². The minimum Gasteiger partial charge on any atom is -0.497 e. The summed E-state index contributed by atoms with van der Waals surface area (Å²) in [6.07, 6.45) is 7.14. The number of aryl methyl sites for hydroxylation is 1. The molecule has 0 atom stereocenters. The molecule has 0 unspecified atom stereocenters. The van der Waals surface area contributed by atoms with Gasteiger partial charge in [0.1, 0.15) is 11.5 Å². The summed E-state index contributed by atoms with van der Waals surface area (Å²) < 4.78 is 18.2. The number of aromatic nitrogens is 5. The predicted octanol–water partition coefficient (Wildman–Crippen LogP) is 4.64. The lowest BCUT2D eigenvalue weighted by Gasteiger charge is -2.24. The quantitative estimate of drug-likeness (QED) is 0.295. The standard InChI is InChI=1S/C29H26N6O3/c1-34-19-20(17-32-34)28-18-31-25-10-9-21(15-27(25)33-28)35(22-13-23(36-2)16-24(14-22)37-3)12-6-7-26-29(38-4)8-5-11-30-26/h5,8-11,13-19H,12H2,1-4H3. The Morgan fingerprint density at radius 1 is 0.868 bits per heavy atom. The van der Waals surface area contributed by atoms with Crippen molar-refractivity contribution in [2.24, 2.45) is 7.05 Å². The normalized spacial score (nSPS) is 10.5. The van der Waals surface area contributed by atoms with Gasteiger partial charge in [-0.1, -0.05) is 5.92 Å². The molecule has 5 aromatic rings. The Balaban J connectivity index is 1.58. The van der Waals surface area contributed by atoms with E-state index in [0.29, 0.717) is 29.5 Å². The van der Waals surface area contributed by atoms with Gasteiger partial charge in [-0.25, -0.2) is 9.97 Å². The third-order valence-corrected chi connectivity index (χ3v) is 5.92. The van der Waals surface area contributed by atoms with E-state index in [1.807, 2.05) is 61.8 Å². The zero-order valence-corrected chi connectivity index (χ0v) is 21.5. The highest BCUT2D eigenvalue weighted by atomic mass is 16.5. The fourth-order valence-electron chi connectivity index (χ4n) is 3.99.